The van der Waals surface area contributed by atoms with Crippen molar-refractivity contribution in [1.29, 1.82) is 0 Å². The predicted octanol–water partition coefficient (Wildman–Crippen LogP) is 1.67. The average molecular weight is 218 g/mol. The highest BCUT2D eigenvalue weighted by molar-refractivity contribution is 5.27. The molecule has 0 aliphatic rings. The number of nitrogens with one attached hydrogen (secondary N) is 1. The van der Waals surface area contributed by atoms with Gasteiger partial charge in [-0.3, -0.25) is 5.10 Å². The summed E-state index contributed by atoms with van der Waals surface area (Å²) in [6.45, 7) is 4.29. The van der Waals surface area contributed by atoms with E-state index in [-0.39, 0.29) is 0 Å². The summed E-state index contributed by atoms with van der Waals surface area (Å²) in [5.41, 5.74) is 8.40. The molecule has 16 heavy (non-hydrogen) atoms. The van der Waals surface area contributed by atoms with Gasteiger partial charge < -0.3 is 10.5 Å². The lowest BCUT2D eigenvalue weighted by molar-refractivity contribution is 0.441. The Balaban J connectivity index is 2.24. The molecule has 0 saturated carbocycles. The van der Waals surface area contributed by atoms with Gasteiger partial charge in [0.25, 0.3) is 0 Å². The minimum absolute atomic E-state index is 0.472. The number of H-pyrrole nitrogens is 1. The molecule has 2 aromatic heterocycles. The Morgan fingerprint density at radius 3 is 2.69 bits per heavy atom. The van der Waals surface area contributed by atoms with Gasteiger partial charge in [-0.15, -0.1) is 5.10 Å². The maximum atomic E-state index is 5.58. The lowest BCUT2D eigenvalue weighted by Gasteiger charge is -2.04. The number of aromatic nitrogens is 3. The molecule has 0 amide bonds. The van der Waals surface area contributed by atoms with Crippen LogP contribution in [0.25, 0.3) is 0 Å². The van der Waals surface area contributed by atoms with E-state index >= 15 is 0 Å². The molecule has 0 bridgehead atoms. The number of aromatic amines is 1. The molecule has 2 aromatic rings. The molecule has 0 aliphatic carbocycles. The summed E-state index contributed by atoms with van der Waals surface area (Å²) in [5, 5.41) is 6.78. The average Bonchev–Trinajstić information content (AvgIpc) is 2.63. The molecule has 84 valence electrons. The van der Waals surface area contributed by atoms with Crippen LogP contribution in [0, 0.1) is 13.8 Å². The summed E-state index contributed by atoms with van der Waals surface area (Å²) in [6.07, 6.45) is 0. The van der Waals surface area contributed by atoms with Gasteiger partial charge in [0.1, 0.15) is 0 Å². The number of ether oxygens (including phenoxy) is 1. The Morgan fingerprint density at radius 2 is 2.06 bits per heavy atom. The Labute approximate surface area is 93.7 Å². The van der Waals surface area contributed by atoms with Crippen LogP contribution in [0.5, 0.6) is 11.8 Å². The first-order chi connectivity index (χ1) is 7.67. The number of rotatable bonds is 3. The van der Waals surface area contributed by atoms with E-state index in [0.717, 1.165) is 17.0 Å². The summed E-state index contributed by atoms with van der Waals surface area (Å²) in [6, 6.07) is 5.56. The monoisotopic (exact) mass is 218 g/mol. The van der Waals surface area contributed by atoms with E-state index in [1.54, 1.807) is 0 Å². The third kappa shape index (κ3) is 2.38. The Morgan fingerprint density at radius 1 is 1.25 bits per heavy atom. The third-order valence-electron chi connectivity index (χ3n) is 2.12. The molecule has 0 radical (unpaired) electrons. The van der Waals surface area contributed by atoms with E-state index in [0.29, 0.717) is 18.3 Å². The van der Waals surface area contributed by atoms with Gasteiger partial charge in [-0.2, -0.15) is 0 Å². The molecule has 0 aromatic carbocycles. The summed E-state index contributed by atoms with van der Waals surface area (Å²) < 4.78 is 5.51. The van der Waals surface area contributed by atoms with Crippen molar-refractivity contribution in [2.45, 2.75) is 20.4 Å². The highest BCUT2D eigenvalue weighted by atomic mass is 16.5. The third-order valence-corrected chi connectivity index (χ3v) is 2.12. The van der Waals surface area contributed by atoms with Crippen LogP contribution in [0.15, 0.2) is 18.2 Å². The fourth-order valence-electron chi connectivity index (χ4n) is 1.43. The molecule has 5 heteroatoms. The lowest BCUT2D eigenvalue weighted by atomic mass is 10.2. The molecule has 0 unspecified atom stereocenters. The fraction of sp³-hybridized carbons (Fsp3) is 0.273. The first-order valence-electron chi connectivity index (χ1n) is 5.05. The topological polar surface area (TPSA) is 76.8 Å². The molecule has 5 nitrogen and oxygen atoms in total. The second-order valence-corrected chi connectivity index (χ2v) is 3.65. The zero-order valence-electron chi connectivity index (χ0n) is 9.32. The number of hydrogen-bond donors (Lipinski definition) is 2. The van der Waals surface area contributed by atoms with Gasteiger partial charge >= 0.3 is 0 Å². The zero-order chi connectivity index (χ0) is 11.5. The molecule has 0 saturated heterocycles. The summed E-state index contributed by atoms with van der Waals surface area (Å²) in [7, 11) is 0. The number of nitrogens with zero attached hydrogens (tertiary/aromatic N) is 2. The summed E-state index contributed by atoms with van der Waals surface area (Å²) in [4.78, 5) is 4.25. The second kappa shape index (κ2) is 4.32. The van der Waals surface area contributed by atoms with Crippen LogP contribution in [-0.4, -0.2) is 15.2 Å². The van der Waals surface area contributed by atoms with E-state index in [1.807, 2.05) is 32.0 Å². The highest BCUT2D eigenvalue weighted by Gasteiger charge is 2.04. The van der Waals surface area contributed by atoms with Gasteiger partial charge in [-0.25, -0.2) is 4.98 Å². The first-order valence-corrected chi connectivity index (χ1v) is 5.05. The quantitative estimate of drug-likeness (QED) is 0.821. The Hall–Kier alpha value is -1.88. The van der Waals surface area contributed by atoms with Crippen LogP contribution in [0.4, 0.5) is 0 Å². The Kier molecular flexibility index (Phi) is 2.87. The molecule has 2 rings (SSSR count). The van der Waals surface area contributed by atoms with Crippen molar-refractivity contribution in [1.82, 2.24) is 15.2 Å². The SMILES string of the molecule is Cc1cc(CN)cc(Oc2cc(C)[nH]n2)n1. The van der Waals surface area contributed by atoms with Crippen molar-refractivity contribution in [2.75, 3.05) is 0 Å². The van der Waals surface area contributed by atoms with Crippen molar-refractivity contribution < 1.29 is 4.74 Å². The van der Waals surface area contributed by atoms with Crippen molar-refractivity contribution in [3.8, 4) is 11.8 Å². The highest BCUT2D eigenvalue weighted by Crippen LogP contribution is 2.19. The lowest BCUT2D eigenvalue weighted by Crippen LogP contribution is -1.99. The van der Waals surface area contributed by atoms with Gasteiger partial charge in [-0.05, 0) is 25.5 Å². The second-order valence-electron chi connectivity index (χ2n) is 3.65. The number of aryl methyl sites for hydroxylation is 2. The Bertz CT molecular complexity index is 492. The van der Waals surface area contributed by atoms with Crippen molar-refractivity contribution in [2.24, 2.45) is 5.73 Å². The van der Waals surface area contributed by atoms with E-state index < -0.39 is 0 Å². The van der Waals surface area contributed by atoms with E-state index in [9.17, 15) is 0 Å². The van der Waals surface area contributed by atoms with Gasteiger partial charge in [0, 0.05) is 30.1 Å². The van der Waals surface area contributed by atoms with Crippen molar-refractivity contribution in [3.05, 3.63) is 35.2 Å². The zero-order valence-corrected chi connectivity index (χ0v) is 9.32. The molecular weight excluding hydrogens is 204 g/mol. The summed E-state index contributed by atoms with van der Waals surface area (Å²) in [5.74, 6) is 1.03. The number of nitrogens with two attached hydrogens (primary N) is 1. The summed E-state index contributed by atoms with van der Waals surface area (Å²) >= 11 is 0. The smallest absolute Gasteiger partial charge is 0.240 e. The largest absolute Gasteiger partial charge is 0.419 e. The minimum atomic E-state index is 0.472. The van der Waals surface area contributed by atoms with Crippen LogP contribution < -0.4 is 10.5 Å². The van der Waals surface area contributed by atoms with Gasteiger partial charge in [0.05, 0.1) is 0 Å². The molecular formula is C11H14N4O. The maximum Gasteiger partial charge on any atom is 0.240 e. The van der Waals surface area contributed by atoms with E-state index in [2.05, 4.69) is 15.2 Å². The van der Waals surface area contributed by atoms with Crippen LogP contribution in [0.2, 0.25) is 0 Å². The van der Waals surface area contributed by atoms with Crippen molar-refractivity contribution >= 4 is 0 Å². The van der Waals surface area contributed by atoms with Gasteiger partial charge in [-0.1, -0.05) is 0 Å². The van der Waals surface area contributed by atoms with Gasteiger partial charge in [0.15, 0.2) is 0 Å². The predicted molar refractivity (Wildman–Crippen MR) is 60.3 cm³/mol. The van der Waals surface area contributed by atoms with Crippen molar-refractivity contribution in [3.63, 3.8) is 0 Å². The first kappa shape index (κ1) is 10.6. The van der Waals surface area contributed by atoms with Crippen LogP contribution in [0.3, 0.4) is 0 Å². The van der Waals surface area contributed by atoms with Crippen LogP contribution in [0.1, 0.15) is 17.0 Å². The maximum absolute atomic E-state index is 5.58. The number of hydrogen-bond acceptors (Lipinski definition) is 4. The van der Waals surface area contributed by atoms with E-state index in [1.165, 1.54) is 0 Å². The molecule has 2 heterocycles. The minimum Gasteiger partial charge on any atom is -0.419 e. The van der Waals surface area contributed by atoms with Crippen LogP contribution >= 0.6 is 0 Å². The van der Waals surface area contributed by atoms with Crippen LogP contribution in [-0.2, 0) is 6.54 Å². The standard InChI is InChI=1S/C11H14N4O/c1-7-3-9(6-12)5-10(13-7)16-11-4-8(2)14-15-11/h3-5H,6,12H2,1-2H3,(H,14,15). The molecule has 0 atom stereocenters. The molecule has 0 aliphatic heterocycles. The number of pyridine rings is 1. The fourth-order valence-corrected chi connectivity index (χ4v) is 1.43. The van der Waals surface area contributed by atoms with Gasteiger partial charge in [0.2, 0.25) is 11.8 Å². The van der Waals surface area contributed by atoms with E-state index in [4.69, 9.17) is 10.5 Å². The molecule has 3 N–H and O–H groups in total. The normalized spacial score (nSPS) is 10.4. The molecule has 0 spiro atoms. The molecule has 0 fully saturated rings.